The second-order valence-corrected chi connectivity index (χ2v) is 5.78. The van der Waals surface area contributed by atoms with Gasteiger partial charge in [-0.2, -0.15) is 0 Å². The maximum Gasteiger partial charge on any atom is 0.310 e. The molecule has 0 aromatic carbocycles. The Morgan fingerprint density at radius 3 is 2.94 bits per heavy atom. The Hall–Kier alpha value is -0.810. The van der Waals surface area contributed by atoms with Crippen LogP contribution >= 0.6 is 15.9 Å². The van der Waals surface area contributed by atoms with Crippen LogP contribution in [0.3, 0.4) is 0 Å². The quantitative estimate of drug-likeness (QED) is 0.907. The zero-order valence-electron chi connectivity index (χ0n) is 10.5. The van der Waals surface area contributed by atoms with Gasteiger partial charge in [-0.15, -0.1) is 0 Å². The number of aliphatic carboxylic acids is 1. The van der Waals surface area contributed by atoms with Gasteiger partial charge in [0, 0.05) is 6.54 Å². The van der Waals surface area contributed by atoms with Crippen LogP contribution in [0, 0.1) is 5.41 Å². The number of carboxylic acid groups (broad SMARTS) is 1. The van der Waals surface area contributed by atoms with Crippen LogP contribution in [0.1, 0.15) is 31.9 Å². The summed E-state index contributed by atoms with van der Waals surface area (Å²) < 4.78 is 6.18. The normalized spacial score (nSPS) is 24.6. The second kappa shape index (κ2) is 5.45. The minimum absolute atomic E-state index is 0.557. The summed E-state index contributed by atoms with van der Waals surface area (Å²) in [6.45, 7) is 4.17. The molecule has 18 heavy (non-hydrogen) atoms. The topological polar surface area (TPSA) is 53.7 Å². The van der Waals surface area contributed by atoms with Crippen molar-refractivity contribution < 1.29 is 14.3 Å². The SMILES string of the molecule is CCCC1(C(=O)O)CCN(Cc2ccc(Br)o2)C1. The molecule has 1 aliphatic rings. The van der Waals surface area contributed by atoms with Crippen LogP contribution in [0.4, 0.5) is 0 Å². The first-order chi connectivity index (χ1) is 8.55. The minimum Gasteiger partial charge on any atom is -0.481 e. The molecule has 0 radical (unpaired) electrons. The lowest BCUT2D eigenvalue weighted by molar-refractivity contribution is -0.148. The Balaban J connectivity index is 2.00. The largest absolute Gasteiger partial charge is 0.481 e. The first kappa shape index (κ1) is 13.6. The van der Waals surface area contributed by atoms with Gasteiger partial charge in [0.1, 0.15) is 5.76 Å². The van der Waals surface area contributed by atoms with E-state index in [2.05, 4.69) is 20.8 Å². The molecule has 1 atom stereocenters. The molecule has 2 heterocycles. The zero-order valence-corrected chi connectivity index (χ0v) is 12.1. The lowest BCUT2D eigenvalue weighted by Gasteiger charge is -2.23. The van der Waals surface area contributed by atoms with Gasteiger partial charge in [-0.05, 0) is 47.4 Å². The molecule has 0 aliphatic carbocycles. The number of nitrogens with zero attached hydrogens (tertiary/aromatic N) is 1. The zero-order chi connectivity index (χ0) is 13.2. The number of furan rings is 1. The predicted octanol–water partition coefficient (Wildman–Crippen LogP) is 3.12. The summed E-state index contributed by atoms with van der Waals surface area (Å²) in [5, 5.41) is 9.43. The van der Waals surface area contributed by atoms with Crippen molar-refractivity contribution in [2.45, 2.75) is 32.7 Å². The van der Waals surface area contributed by atoms with Crippen LogP contribution in [0.5, 0.6) is 0 Å². The molecule has 4 nitrogen and oxygen atoms in total. The molecule has 1 unspecified atom stereocenters. The molecular formula is C13H18BrNO3. The fourth-order valence-electron chi connectivity index (χ4n) is 2.71. The van der Waals surface area contributed by atoms with Crippen molar-refractivity contribution in [2.75, 3.05) is 13.1 Å². The van der Waals surface area contributed by atoms with Crippen LogP contribution in [0.25, 0.3) is 0 Å². The Morgan fingerprint density at radius 1 is 1.61 bits per heavy atom. The molecule has 1 saturated heterocycles. The summed E-state index contributed by atoms with van der Waals surface area (Å²) in [6.07, 6.45) is 2.39. The van der Waals surface area contributed by atoms with E-state index in [1.54, 1.807) is 0 Å². The van der Waals surface area contributed by atoms with Crippen LogP contribution in [-0.2, 0) is 11.3 Å². The maximum absolute atomic E-state index is 11.5. The lowest BCUT2D eigenvalue weighted by Crippen LogP contribution is -2.34. The van der Waals surface area contributed by atoms with Gasteiger partial charge in [-0.1, -0.05) is 13.3 Å². The van der Waals surface area contributed by atoms with E-state index in [0.717, 1.165) is 36.2 Å². The first-order valence-electron chi connectivity index (χ1n) is 6.26. The highest BCUT2D eigenvalue weighted by molar-refractivity contribution is 9.10. The van der Waals surface area contributed by atoms with E-state index in [-0.39, 0.29) is 0 Å². The van der Waals surface area contributed by atoms with Crippen molar-refractivity contribution >= 4 is 21.9 Å². The van der Waals surface area contributed by atoms with Crippen LogP contribution in [0.15, 0.2) is 21.2 Å². The average Bonchev–Trinajstić information content (AvgIpc) is 2.88. The molecular weight excluding hydrogens is 298 g/mol. The Morgan fingerprint density at radius 2 is 2.39 bits per heavy atom. The van der Waals surface area contributed by atoms with Gasteiger partial charge in [0.25, 0.3) is 0 Å². The standard InChI is InChI=1S/C13H18BrNO3/c1-2-5-13(12(16)17)6-7-15(9-13)8-10-3-4-11(14)18-10/h3-4H,2,5-9H2,1H3,(H,16,17). The Labute approximate surface area is 115 Å². The molecule has 1 aromatic heterocycles. The van der Waals surface area contributed by atoms with E-state index in [9.17, 15) is 9.90 Å². The average molecular weight is 316 g/mol. The third-order valence-electron chi connectivity index (χ3n) is 3.62. The number of carboxylic acids is 1. The van der Waals surface area contributed by atoms with Crippen molar-refractivity contribution in [3.63, 3.8) is 0 Å². The van der Waals surface area contributed by atoms with Crippen molar-refractivity contribution in [3.05, 3.63) is 22.6 Å². The molecule has 1 N–H and O–H groups in total. The molecule has 1 aliphatic heterocycles. The van der Waals surface area contributed by atoms with Crippen molar-refractivity contribution in [1.82, 2.24) is 4.90 Å². The predicted molar refractivity (Wildman–Crippen MR) is 71.3 cm³/mol. The number of hydrogen-bond acceptors (Lipinski definition) is 3. The molecule has 100 valence electrons. The van der Waals surface area contributed by atoms with E-state index in [4.69, 9.17) is 4.42 Å². The van der Waals surface area contributed by atoms with Gasteiger partial charge < -0.3 is 9.52 Å². The minimum atomic E-state index is -0.660. The summed E-state index contributed by atoms with van der Waals surface area (Å²) in [4.78, 5) is 13.6. The van der Waals surface area contributed by atoms with Gasteiger partial charge >= 0.3 is 5.97 Å². The van der Waals surface area contributed by atoms with Crippen LogP contribution in [0.2, 0.25) is 0 Å². The fourth-order valence-corrected chi connectivity index (χ4v) is 3.05. The molecule has 0 spiro atoms. The van der Waals surface area contributed by atoms with E-state index in [1.165, 1.54) is 0 Å². The van der Waals surface area contributed by atoms with Crippen molar-refractivity contribution in [2.24, 2.45) is 5.41 Å². The molecule has 2 rings (SSSR count). The molecule has 0 bridgehead atoms. The lowest BCUT2D eigenvalue weighted by atomic mass is 9.83. The highest BCUT2D eigenvalue weighted by Gasteiger charge is 2.43. The van der Waals surface area contributed by atoms with E-state index >= 15 is 0 Å². The number of halogens is 1. The van der Waals surface area contributed by atoms with Crippen LogP contribution < -0.4 is 0 Å². The fraction of sp³-hybridized carbons (Fsp3) is 0.615. The smallest absolute Gasteiger partial charge is 0.310 e. The summed E-state index contributed by atoms with van der Waals surface area (Å²) in [5.41, 5.74) is -0.557. The second-order valence-electron chi connectivity index (χ2n) is 5.00. The molecule has 5 heteroatoms. The highest BCUT2D eigenvalue weighted by atomic mass is 79.9. The number of rotatable bonds is 5. The third-order valence-corrected chi connectivity index (χ3v) is 4.05. The Kier molecular flexibility index (Phi) is 4.12. The van der Waals surface area contributed by atoms with Gasteiger partial charge in [0.15, 0.2) is 4.67 Å². The van der Waals surface area contributed by atoms with Gasteiger partial charge in [0.05, 0.1) is 12.0 Å². The summed E-state index contributed by atoms with van der Waals surface area (Å²) in [6, 6.07) is 3.78. The van der Waals surface area contributed by atoms with Gasteiger partial charge in [-0.25, -0.2) is 0 Å². The summed E-state index contributed by atoms with van der Waals surface area (Å²) >= 11 is 3.27. The van der Waals surface area contributed by atoms with Crippen LogP contribution in [-0.4, -0.2) is 29.1 Å². The van der Waals surface area contributed by atoms with E-state index < -0.39 is 11.4 Å². The monoisotopic (exact) mass is 315 g/mol. The number of hydrogen-bond donors (Lipinski definition) is 1. The molecule has 0 saturated carbocycles. The molecule has 0 amide bonds. The van der Waals surface area contributed by atoms with Crippen molar-refractivity contribution in [3.8, 4) is 0 Å². The maximum atomic E-state index is 11.5. The summed E-state index contributed by atoms with van der Waals surface area (Å²) in [7, 11) is 0. The van der Waals surface area contributed by atoms with E-state index in [1.807, 2.05) is 19.1 Å². The first-order valence-corrected chi connectivity index (χ1v) is 7.05. The molecule has 1 aromatic rings. The van der Waals surface area contributed by atoms with Crippen molar-refractivity contribution in [1.29, 1.82) is 0 Å². The highest BCUT2D eigenvalue weighted by Crippen LogP contribution is 2.36. The van der Waals surface area contributed by atoms with Gasteiger partial charge in [-0.3, -0.25) is 9.69 Å². The number of likely N-dealkylation sites (tertiary alicyclic amines) is 1. The third kappa shape index (κ3) is 2.78. The number of carbonyl (C=O) groups is 1. The van der Waals surface area contributed by atoms with E-state index in [0.29, 0.717) is 13.1 Å². The molecule has 1 fully saturated rings. The van der Waals surface area contributed by atoms with Gasteiger partial charge in [0.2, 0.25) is 0 Å². The summed E-state index contributed by atoms with van der Waals surface area (Å²) in [5.74, 6) is 0.215. The Bertz CT molecular complexity index is 432.